The third-order valence-corrected chi connectivity index (χ3v) is 2.71. The summed E-state index contributed by atoms with van der Waals surface area (Å²) in [4.78, 5) is 0. The highest BCUT2D eigenvalue weighted by Crippen LogP contribution is 2.19. The van der Waals surface area contributed by atoms with Crippen LogP contribution >= 0.6 is 0 Å². The Morgan fingerprint density at radius 3 is 2.88 bits per heavy atom. The molecule has 2 rings (SSSR count). The number of aryl methyl sites for hydroxylation is 1. The second kappa shape index (κ2) is 4.75. The van der Waals surface area contributed by atoms with E-state index in [9.17, 15) is 0 Å². The molecular formula is C14H15N3. The highest BCUT2D eigenvalue weighted by Gasteiger charge is 2.08. The Labute approximate surface area is 101 Å². The molecule has 0 aliphatic heterocycles. The highest BCUT2D eigenvalue weighted by molar-refractivity contribution is 5.50. The van der Waals surface area contributed by atoms with Crippen LogP contribution in [0.2, 0.25) is 0 Å². The van der Waals surface area contributed by atoms with Gasteiger partial charge in [0.05, 0.1) is 11.7 Å². The topological polar surface area (TPSA) is 29.9 Å². The number of nitrogens with one attached hydrogen (secondary N) is 1. The Kier molecular flexibility index (Phi) is 3.15. The Bertz CT molecular complexity index is 549. The predicted octanol–water partition coefficient (Wildman–Crippen LogP) is 2.57. The van der Waals surface area contributed by atoms with Crippen LogP contribution < -0.4 is 5.32 Å². The molecule has 0 spiro atoms. The van der Waals surface area contributed by atoms with E-state index in [0.717, 1.165) is 16.9 Å². The molecule has 0 amide bonds. The van der Waals surface area contributed by atoms with E-state index in [4.69, 9.17) is 6.42 Å². The summed E-state index contributed by atoms with van der Waals surface area (Å²) >= 11 is 0. The van der Waals surface area contributed by atoms with Gasteiger partial charge in [0.25, 0.3) is 0 Å². The number of anilines is 1. The molecule has 17 heavy (non-hydrogen) atoms. The van der Waals surface area contributed by atoms with Crippen LogP contribution in [0.25, 0.3) is 0 Å². The number of terminal acetylenes is 1. The fraction of sp³-hybridized carbons (Fsp3) is 0.214. The molecule has 1 aromatic heterocycles. The maximum atomic E-state index is 5.38. The lowest BCUT2D eigenvalue weighted by Crippen LogP contribution is -2.11. The van der Waals surface area contributed by atoms with Crippen LogP contribution in [0, 0.1) is 12.3 Å². The lowest BCUT2D eigenvalue weighted by atomic mass is 10.2. The van der Waals surface area contributed by atoms with Crippen LogP contribution in [0.1, 0.15) is 24.2 Å². The van der Waals surface area contributed by atoms with Crippen LogP contribution in [-0.4, -0.2) is 9.78 Å². The molecule has 0 radical (unpaired) electrons. The molecule has 1 N–H and O–H groups in total. The van der Waals surface area contributed by atoms with Gasteiger partial charge in [0.15, 0.2) is 0 Å². The first-order valence-corrected chi connectivity index (χ1v) is 5.52. The quantitative estimate of drug-likeness (QED) is 0.814. The lowest BCUT2D eigenvalue weighted by Gasteiger charge is -2.15. The minimum Gasteiger partial charge on any atom is -0.377 e. The van der Waals surface area contributed by atoms with E-state index in [2.05, 4.69) is 23.3 Å². The lowest BCUT2D eigenvalue weighted by molar-refractivity contribution is 0.676. The van der Waals surface area contributed by atoms with Gasteiger partial charge in [-0.25, -0.2) is 0 Å². The first-order chi connectivity index (χ1) is 8.20. The van der Waals surface area contributed by atoms with Crippen molar-refractivity contribution in [3.05, 3.63) is 47.8 Å². The molecule has 3 heteroatoms. The molecule has 0 bridgehead atoms. The average Bonchev–Trinajstić information content (AvgIpc) is 2.76. The molecule has 0 fully saturated rings. The second-order valence-corrected chi connectivity index (χ2v) is 3.97. The second-order valence-electron chi connectivity index (χ2n) is 3.97. The normalized spacial score (nSPS) is 11.8. The van der Waals surface area contributed by atoms with E-state index in [0.29, 0.717) is 0 Å². The van der Waals surface area contributed by atoms with Crippen molar-refractivity contribution in [1.29, 1.82) is 0 Å². The number of hydrogen-bond acceptors (Lipinski definition) is 2. The largest absolute Gasteiger partial charge is 0.377 e. The summed E-state index contributed by atoms with van der Waals surface area (Å²) in [5.41, 5.74) is 3.04. The van der Waals surface area contributed by atoms with Gasteiger partial charge < -0.3 is 5.32 Å². The first-order valence-electron chi connectivity index (χ1n) is 5.52. The minimum absolute atomic E-state index is 0.190. The van der Waals surface area contributed by atoms with Crippen molar-refractivity contribution in [2.45, 2.75) is 13.0 Å². The smallest absolute Gasteiger partial charge is 0.0653 e. The fourth-order valence-electron chi connectivity index (χ4n) is 1.83. The Hall–Kier alpha value is -2.21. The maximum Gasteiger partial charge on any atom is 0.0653 e. The van der Waals surface area contributed by atoms with E-state index in [1.165, 1.54) is 0 Å². The van der Waals surface area contributed by atoms with Crippen LogP contribution in [-0.2, 0) is 7.05 Å². The van der Waals surface area contributed by atoms with Gasteiger partial charge in [-0.05, 0) is 31.2 Å². The number of nitrogens with zero attached hydrogens (tertiary/aromatic N) is 2. The zero-order valence-corrected chi connectivity index (χ0v) is 10.0. The van der Waals surface area contributed by atoms with Gasteiger partial charge in [-0.2, -0.15) is 5.10 Å². The Morgan fingerprint density at radius 1 is 1.41 bits per heavy atom. The third kappa shape index (κ3) is 2.48. The van der Waals surface area contributed by atoms with Crippen LogP contribution in [0.4, 0.5) is 5.69 Å². The third-order valence-electron chi connectivity index (χ3n) is 2.71. The van der Waals surface area contributed by atoms with Gasteiger partial charge in [0.2, 0.25) is 0 Å². The summed E-state index contributed by atoms with van der Waals surface area (Å²) in [6.07, 6.45) is 7.17. The van der Waals surface area contributed by atoms with Crippen molar-refractivity contribution in [2.75, 3.05) is 5.32 Å². The van der Waals surface area contributed by atoms with Crippen molar-refractivity contribution in [1.82, 2.24) is 9.78 Å². The van der Waals surface area contributed by atoms with Gasteiger partial charge in [0, 0.05) is 24.5 Å². The zero-order chi connectivity index (χ0) is 12.3. The van der Waals surface area contributed by atoms with E-state index in [1.807, 2.05) is 42.1 Å². The van der Waals surface area contributed by atoms with Crippen molar-refractivity contribution < 1.29 is 0 Å². The molecule has 3 nitrogen and oxygen atoms in total. The van der Waals surface area contributed by atoms with Crippen molar-refractivity contribution in [3.63, 3.8) is 0 Å². The van der Waals surface area contributed by atoms with E-state index in [-0.39, 0.29) is 6.04 Å². The van der Waals surface area contributed by atoms with Gasteiger partial charge in [-0.15, -0.1) is 6.42 Å². The monoisotopic (exact) mass is 225 g/mol. The molecule has 1 unspecified atom stereocenters. The summed E-state index contributed by atoms with van der Waals surface area (Å²) < 4.78 is 1.86. The van der Waals surface area contributed by atoms with Crippen LogP contribution in [0.3, 0.4) is 0 Å². The molecular weight excluding hydrogens is 210 g/mol. The average molecular weight is 225 g/mol. The first kappa shape index (κ1) is 11.3. The number of rotatable bonds is 3. The summed E-state index contributed by atoms with van der Waals surface area (Å²) in [7, 11) is 1.94. The van der Waals surface area contributed by atoms with E-state index in [1.54, 1.807) is 6.20 Å². The molecule has 0 aliphatic rings. The predicted molar refractivity (Wildman–Crippen MR) is 69.6 cm³/mol. The molecule has 1 atom stereocenters. The van der Waals surface area contributed by atoms with Crippen LogP contribution in [0.5, 0.6) is 0 Å². The summed E-state index contributed by atoms with van der Waals surface area (Å²) in [6, 6.07) is 10.0. The fourth-order valence-corrected chi connectivity index (χ4v) is 1.83. The van der Waals surface area contributed by atoms with Crippen molar-refractivity contribution in [3.8, 4) is 12.3 Å². The van der Waals surface area contributed by atoms with Gasteiger partial charge in [0.1, 0.15) is 0 Å². The van der Waals surface area contributed by atoms with Crippen molar-refractivity contribution >= 4 is 5.69 Å². The Morgan fingerprint density at radius 2 is 2.24 bits per heavy atom. The van der Waals surface area contributed by atoms with E-state index >= 15 is 0 Å². The summed E-state index contributed by atoms with van der Waals surface area (Å²) in [6.45, 7) is 2.10. The Balaban J connectivity index is 2.16. The molecule has 1 aromatic carbocycles. The van der Waals surface area contributed by atoms with Gasteiger partial charge in [-0.3, -0.25) is 4.68 Å². The van der Waals surface area contributed by atoms with Crippen molar-refractivity contribution in [2.24, 2.45) is 7.05 Å². The highest BCUT2D eigenvalue weighted by atomic mass is 15.3. The molecule has 0 aliphatic carbocycles. The molecule has 1 heterocycles. The standard InChI is InChI=1S/C14H15N3/c1-4-12-6-5-7-13(10-12)16-11(2)14-8-9-15-17(14)3/h1,5-11,16H,2-3H3. The zero-order valence-electron chi connectivity index (χ0n) is 10.0. The van der Waals surface area contributed by atoms with Gasteiger partial charge in [-0.1, -0.05) is 12.0 Å². The van der Waals surface area contributed by atoms with Gasteiger partial charge >= 0.3 is 0 Å². The summed E-state index contributed by atoms with van der Waals surface area (Å²) in [5.74, 6) is 2.63. The molecule has 0 saturated carbocycles. The summed E-state index contributed by atoms with van der Waals surface area (Å²) in [5, 5.41) is 7.56. The van der Waals surface area contributed by atoms with E-state index < -0.39 is 0 Å². The molecule has 86 valence electrons. The molecule has 0 saturated heterocycles. The molecule has 2 aromatic rings. The minimum atomic E-state index is 0.190. The number of aromatic nitrogens is 2. The maximum absolute atomic E-state index is 5.38. The SMILES string of the molecule is C#Cc1cccc(NC(C)c2ccnn2C)c1. The number of benzene rings is 1. The number of hydrogen-bond donors (Lipinski definition) is 1. The van der Waals surface area contributed by atoms with Crippen LogP contribution in [0.15, 0.2) is 36.5 Å².